The van der Waals surface area contributed by atoms with E-state index in [-0.39, 0.29) is 357 Å². The zero-order valence-corrected chi connectivity index (χ0v) is 58.9. The van der Waals surface area contributed by atoms with E-state index in [0.29, 0.717) is 0 Å². The molecule has 16 nitrogen and oxygen atoms in total. The van der Waals surface area contributed by atoms with Crippen LogP contribution in [-0.2, 0) is 327 Å². The Morgan fingerprint density at radius 1 is 0.220 bits per heavy atom. The van der Waals surface area contributed by atoms with Crippen LogP contribution in [0.25, 0.3) is 0 Å². The van der Waals surface area contributed by atoms with Crippen LogP contribution in [0.3, 0.4) is 0 Å². The van der Waals surface area contributed by atoms with Gasteiger partial charge in [0.2, 0.25) is 0 Å². The van der Waals surface area contributed by atoms with Gasteiger partial charge < -0.3 is 171 Å². The van der Waals surface area contributed by atoms with Gasteiger partial charge in [-0.3, -0.25) is 0 Å². The van der Waals surface area contributed by atoms with Crippen LogP contribution in [0.15, 0.2) is 0 Å². The van der Waals surface area contributed by atoms with Gasteiger partial charge in [0.25, 0.3) is 49.8 Å². The quantitative estimate of drug-likeness (QED) is 0.0793. The zero-order chi connectivity index (χ0) is 32.2. The Morgan fingerprint density at radius 3 is 0.220 bits per heavy atom. The van der Waals surface area contributed by atoms with Gasteiger partial charge in [-0.15, -0.1) is 0 Å². The van der Waals surface area contributed by atoms with Crippen LogP contribution < -0.4 is 0 Å². The second-order valence-electron chi connectivity index (χ2n) is 5.06. The van der Waals surface area contributed by atoms with Crippen molar-refractivity contribution in [2.45, 2.75) is 13.6 Å². The van der Waals surface area contributed by atoms with Gasteiger partial charge in [0, 0.05) is 327 Å². The van der Waals surface area contributed by atoms with Crippen molar-refractivity contribution in [2.24, 2.45) is 0 Å². The molecule has 0 amide bonds. The second kappa shape index (κ2) is 145. The molecule has 10 radical (unpaired) electrons. The first-order valence-corrected chi connectivity index (χ1v) is 8.96. The molecular weight excluding hydrogens is 1420 g/mol. The fourth-order valence-electron chi connectivity index (χ4n) is 0. The molecule has 0 unspecified atom stereocenters. The average Bonchev–Trinajstić information content (AvgIpc) is 2.39. The van der Waals surface area contributed by atoms with Crippen molar-refractivity contribution in [1.29, 1.82) is 0 Å². The molecule has 0 atom stereocenters. The summed E-state index contributed by atoms with van der Waals surface area (Å²) in [5.41, 5.74) is 0. The van der Waals surface area contributed by atoms with Gasteiger partial charge >= 0.3 is 0 Å². The molecule has 0 rings (SSSR count). The first kappa shape index (κ1) is 152. The van der Waals surface area contributed by atoms with E-state index in [0.717, 1.165) is 0 Å². The Morgan fingerprint density at radius 2 is 0.220 bits per heavy atom. The fraction of sp³-hybridized carbons (Fsp3) is 0.133. The van der Waals surface area contributed by atoms with Gasteiger partial charge in [-0.25, -0.2) is 0 Å². The van der Waals surface area contributed by atoms with Gasteiger partial charge in [-0.05, 0) is 0 Å². The van der Waals surface area contributed by atoms with Crippen molar-refractivity contribution in [3.05, 3.63) is 91.1 Å². The first-order chi connectivity index (χ1) is 15.6. The maximum absolute atomic E-state index is 7.94. The zero-order valence-electron chi connectivity index (χ0n) is 30.5. The first-order valence-electron chi connectivity index (χ1n) is 8.96. The normalized spacial score (nSPS) is 4.86. The third-order valence-corrected chi connectivity index (χ3v) is 0. The molecule has 0 aromatic carbocycles. The van der Waals surface area contributed by atoms with E-state index in [9.17, 15) is 0 Å². The Hall–Kier alpha value is 11.0. The summed E-state index contributed by atoms with van der Waals surface area (Å²) in [5, 5.41) is 121. The van der Waals surface area contributed by atoms with E-state index in [1.807, 2.05) is 0 Å². The average molecular weight is 1470 g/mol. The molecule has 0 spiro atoms. The SMILES string of the molecule is [CH2-]B(C)O.[CH2-]B(C)O.[CH2-]B(O)O.[CH2-]B(O)O.[CH2-]B(O)O.[CH2-]B(O)O.[CH2-]B(O)O.[CH2-]B(O)O.[CH2-]B(O)O.[CH3-].[CH3-].[CH3-].[CH3-].[Y].[Y].[Y].[Y].[Y].[Y].[Y].[Y].[Y].[Y]. The third-order valence-electron chi connectivity index (χ3n) is 0. The molecule has 0 aliphatic carbocycles. The number of rotatable bonds is 0. The van der Waals surface area contributed by atoms with Gasteiger partial charge in [0.05, 0.1) is 0 Å². The fourth-order valence-corrected chi connectivity index (χ4v) is 0. The smallest absolute Gasteiger partial charge is 0.264 e. The molecule has 0 aliphatic heterocycles. The molecular formula is C15H52B9O16Y10-13. The molecule has 0 saturated heterocycles. The Labute approximate surface area is 562 Å². The van der Waals surface area contributed by atoms with Crippen molar-refractivity contribution in [3.63, 3.8) is 0 Å². The number of hydrogen-bond acceptors (Lipinski definition) is 16. The summed E-state index contributed by atoms with van der Waals surface area (Å²) >= 11 is 0. The summed E-state index contributed by atoms with van der Waals surface area (Å²) in [7, 11) is -9.92. The largest absolute Gasteiger partial charge is 0.487 e. The molecule has 0 fully saturated rings. The van der Waals surface area contributed by atoms with E-state index in [4.69, 9.17) is 80.4 Å². The van der Waals surface area contributed by atoms with Crippen molar-refractivity contribution >= 4 is 63.7 Å². The predicted octanol–water partition coefficient (Wildman–Crippen LogP) is -6.45. The van der Waals surface area contributed by atoms with Crippen LogP contribution in [0.5, 0.6) is 0 Å². The van der Waals surface area contributed by atoms with Crippen molar-refractivity contribution in [3.8, 4) is 0 Å². The molecule has 278 valence electrons. The van der Waals surface area contributed by atoms with Crippen molar-refractivity contribution in [1.82, 2.24) is 0 Å². The van der Waals surface area contributed by atoms with Crippen LogP contribution in [0, 0.1) is 91.1 Å². The molecule has 0 saturated carbocycles. The van der Waals surface area contributed by atoms with Crippen LogP contribution in [0.4, 0.5) is 0 Å². The minimum absolute atomic E-state index is 0. The molecule has 0 aliphatic rings. The van der Waals surface area contributed by atoms with Crippen LogP contribution >= 0.6 is 0 Å². The van der Waals surface area contributed by atoms with E-state index in [1.165, 1.54) is 0 Å². The van der Waals surface area contributed by atoms with Crippen molar-refractivity contribution < 1.29 is 407 Å². The summed E-state index contributed by atoms with van der Waals surface area (Å²) in [6.07, 6.45) is 0. The summed E-state index contributed by atoms with van der Waals surface area (Å²) in [4.78, 5) is 0. The Balaban J connectivity index is -0.00000000755. The summed E-state index contributed by atoms with van der Waals surface area (Å²) < 4.78 is 0. The summed E-state index contributed by atoms with van der Waals surface area (Å²) in [6.45, 7) is 28.0. The van der Waals surface area contributed by atoms with E-state index >= 15 is 0 Å². The maximum atomic E-state index is 7.94. The molecule has 16 N–H and O–H groups in total. The van der Waals surface area contributed by atoms with Gasteiger partial charge in [-0.1, -0.05) is 13.6 Å². The third kappa shape index (κ3) is 1640. The van der Waals surface area contributed by atoms with E-state index in [1.54, 1.807) is 13.6 Å². The Bertz CT molecular complexity index is 226. The van der Waals surface area contributed by atoms with E-state index < -0.39 is 63.7 Å². The van der Waals surface area contributed by atoms with Crippen LogP contribution in [-0.4, -0.2) is 144 Å². The van der Waals surface area contributed by atoms with E-state index in [2.05, 4.69) is 61.4 Å². The van der Waals surface area contributed by atoms with Crippen LogP contribution in [0.1, 0.15) is 0 Å². The topological polar surface area (TPSA) is 324 Å². The molecule has 0 aromatic heterocycles. The van der Waals surface area contributed by atoms with Crippen LogP contribution in [0.2, 0.25) is 13.6 Å². The minimum Gasteiger partial charge on any atom is -0.487 e. The molecule has 0 aromatic rings. The maximum Gasteiger partial charge on any atom is 0.264 e. The number of hydrogen-bond donors (Lipinski definition) is 16. The van der Waals surface area contributed by atoms with Gasteiger partial charge in [0.15, 0.2) is 0 Å². The molecule has 0 heterocycles. The molecule has 35 heteroatoms. The van der Waals surface area contributed by atoms with Gasteiger partial charge in [-0.2, -0.15) is 0 Å². The minimum atomic E-state index is -1.42. The monoisotopic (exact) mass is 1480 g/mol. The molecule has 0 bridgehead atoms. The summed E-state index contributed by atoms with van der Waals surface area (Å²) in [6, 6.07) is 0. The second-order valence-corrected chi connectivity index (χ2v) is 5.06. The van der Waals surface area contributed by atoms with Crippen molar-refractivity contribution in [2.75, 3.05) is 0 Å². The molecule has 50 heavy (non-hydrogen) atoms. The van der Waals surface area contributed by atoms with Gasteiger partial charge in [0.1, 0.15) is 13.8 Å². The summed E-state index contributed by atoms with van der Waals surface area (Å²) in [5.74, 6) is 0. The standard InChI is InChI=1S/2C2H6BO.7CH4BO2.4CH3.10Y/c2*1-3(2)4;7*1-2(3)4;;;;;;;;;;;;;;/h2*4H,1H2,2H3;7*3-4H,1H2;4*1H3;;;;;;;;;;/q13*-1;;;;;;;;;;. The predicted molar refractivity (Wildman–Crippen MR) is 173 cm³/mol. The Kier molecular flexibility index (Phi) is 440.